The molecule has 0 saturated heterocycles. The van der Waals surface area contributed by atoms with E-state index in [-0.39, 0.29) is 11.8 Å². The summed E-state index contributed by atoms with van der Waals surface area (Å²) < 4.78 is 5.58. The van der Waals surface area contributed by atoms with Crippen molar-refractivity contribution >= 4 is 29.6 Å². The molecule has 0 aromatic heterocycles. The van der Waals surface area contributed by atoms with E-state index in [9.17, 15) is 9.59 Å². The van der Waals surface area contributed by atoms with Gasteiger partial charge in [0.15, 0.2) is 0 Å². The number of ether oxygens (including phenoxy) is 1. The van der Waals surface area contributed by atoms with Gasteiger partial charge in [-0.1, -0.05) is 44.5 Å². The number of amides is 2. The van der Waals surface area contributed by atoms with Crippen LogP contribution < -0.4 is 15.5 Å². The summed E-state index contributed by atoms with van der Waals surface area (Å²) in [5.41, 5.74) is 3.72. The van der Waals surface area contributed by atoms with Gasteiger partial charge >= 0.3 is 0 Å². The number of halogens is 1. The van der Waals surface area contributed by atoms with Crippen LogP contribution in [0.25, 0.3) is 0 Å². The van der Waals surface area contributed by atoms with Gasteiger partial charge in [0.2, 0.25) is 0 Å². The molecule has 1 atom stereocenters. The second-order valence-corrected chi connectivity index (χ2v) is 7.29. The number of carbonyl (C=O) groups is 2. The fourth-order valence-electron chi connectivity index (χ4n) is 2.51. The van der Waals surface area contributed by atoms with Crippen LogP contribution in [0.2, 0.25) is 5.02 Å². The van der Waals surface area contributed by atoms with E-state index in [4.69, 9.17) is 16.3 Å². The van der Waals surface area contributed by atoms with Crippen molar-refractivity contribution in [3.63, 3.8) is 0 Å². The SMILES string of the molecule is CCCOc1cccc(C=NNC(=O)C(NC(=O)c2ccc(Cl)cc2)C(C)C)c1. The van der Waals surface area contributed by atoms with Crippen LogP contribution in [0.1, 0.15) is 43.1 Å². The first-order chi connectivity index (χ1) is 13.9. The van der Waals surface area contributed by atoms with Crippen LogP contribution >= 0.6 is 11.6 Å². The Morgan fingerprint density at radius 2 is 1.90 bits per heavy atom. The molecule has 0 bridgehead atoms. The predicted molar refractivity (Wildman–Crippen MR) is 116 cm³/mol. The molecule has 2 rings (SSSR count). The van der Waals surface area contributed by atoms with Crippen molar-refractivity contribution in [1.82, 2.24) is 10.7 Å². The van der Waals surface area contributed by atoms with Gasteiger partial charge in [0.05, 0.1) is 12.8 Å². The third-order valence-electron chi connectivity index (χ3n) is 4.06. The minimum atomic E-state index is -0.727. The topological polar surface area (TPSA) is 79.8 Å². The minimum absolute atomic E-state index is 0.118. The molecule has 2 aromatic carbocycles. The highest BCUT2D eigenvalue weighted by Gasteiger charge is 2.24. The zero-order valence-electron chi connectivity index (χ0n) is 16.8. The number of hydrazone groups is 1. The molecular weight excluding hydrogens is 390 g/mol. The molecule has 154 valence electrons. The summed E-state index contributed by atoms with van der Waals surface area (Å²) in [6, 6.07) is 13.2. The zero-order valence-corrected chi connectivity index (χ0v) is 17.6. The molecule has 2 amide bonds. The summed E-state index contributed by atoms with van der Waals surface area (Å²) in [4.78, 5) is 24.9. The highest BCUT2D eigenvalue weighted by atomic mass is 35.5. The monoisotopic (exact) mass is 415 g/mol. The van der Waals surface area contributed by atoms with Crippen LogP contribution in [0.15, 0.2) is 53.6 Å². The maximum Gasteiger partial charge on any atom is 0.262 e. The number of rotatable bonds is 9. The van der Waals surface area contributed by atoms with Gasteiger partial charge < -0.3 is 10.1 Å². The number of carbonyl (C=O) groups excluding carboxylic acids is 2. The molecule has 0 aliphatic carbocycles. The van der Waals surface area contributed by atoms with E-state index in [1.807, 2.05) is 45.0 Å². The molecule has 0 aliphatic heterocycles. The summed E-state index contributed by atoms with van der Waals surface area (Å²) in [5, 5.41) is 7.29. The largest absolute Gasteiger partial charge is 0.494 e. The summed E-state index contributed by atoms with van der Waals surface area (Å²) in [6.07, 6.45) is 2.46. The second kappa shape index (κ2) is 11.2. The van der Waals surface area contributed by atoms with Crippen LogP contribution in [0.3, 0.4) is 0 Å². The Kier molecular flexibility index (Phi) is 8.68. The number of hydrogen-bond donors (Lipinski definition) is 2. The summed E-state index contributed by atoms with van der Waals surface area (Å²) in [5.74, 6) is -0.109. The van der Waals surface area contributed by atoms with Gasteiger partial charge in [-0.25, -0.2) is 5.43 Å². The fourth-order valence-corrected chi connectivity index (χ4v) is 2.63. The number of nitrogens with zero attached hydrogens (tertiary/aromatic N) is 1. The lowest BCUT2D eigenvalue weighted by Crippen LogP contribution is -2.48. The molecule has 0 aliphatic rings. The first kappa shape index (κ1) is 22.4. The first-order valence-electron chi connectivity index (χ1n) is 9.53. The van der Waals surface area contributed by atoms with Crippen LogP contribution in [-0.4, -0.2) is 30.7 Å². The zero-order chi connectivity index (χ0) is 21.2. The van der Waals surface area contributed by atoms with Crippen molar-refractivity contribution in [2.24, 2.45) is 11.0 Å². The Morgan fingerprint density at radius 1 is 1.17 bits per heavy atom. The van der Waals surface area contributed by atoms with Crippen LogP contribution in [0.4, 0.5) is 0 Å². The van der Waals surface area contributed by atoms with E-state index in [0.717, 1.165) is 17.7 Å². The normalized spacial score (nSPS) is 12.0. The smallest absolute Gasteiger partial charge is 0.262 e. The summed E-state index contributed by atoms with van der Waals surface area (Å²) >= 11 is 5.85. The van der Waals surface area contributed by atoms with Crippen molar-refractivity contribution in [3.05, 3.63) is 64.7 Å². The fraction of sp³-hybridized carbons (Fsp3) is 0.318. The van der Waals surface area contributed by atoms with Crippen molar-refractivity contribution in [2.45, 2.75) is 33.2 Å². The van der Waals surface area contributed by atoms with Gasteiger partial charge in [0, 0.05) is 10.6 Å². The van der Waals surface area contributed by atoms with Crippen molar-refractivity contribution < 1.29 is 14.3 Å². The van der Waals surface area contributed by atoms with E-state index < -0.39 is 11.9 Å². The average molecular weight is 416 g/mol. The third kappa shape index (κ3) is 7.23. The molecule has 0 saturated carbocycles. The maximum absolute atomic E-state index is 12.5. The van der Waals surface area contributed by atoms with Gasteiger partial charge in [-0.3, -0.25) is 9.59 Å². The Morgan fingerprint density at radius 3 is 2.55 bits per heavy atom. The first-order valence-corrected chi connectivity index (χ1v) is 9.90. The lowest BCUT2D eigenvalue weighted by Gasteiger charge is -2.20. The van der Waals surface area contributed by atoms with E-state index >= 15 is 0 Å². The second-order valence-electron chi connectivity index (χ2n) is 6.86. The average Bonchev–Trinajstić information content (AvgIpc) is 2.70. The number of nitrogens with one attached hydrogen (secondary N) is 2. The molecule has 0 radical (unpaired) electrons. The Balaban J connectivity index is 1.98. The van der Waals surface area contributed by atoms with Crippen LogP contribution in [0.5, 0.6) is 5.75 Å². The molecule has 7 heteroatoms. The van der Waals surface area contributed by atoms with Gasteiger partial charge in [0.1, 0.15) is 11.8 Å². The molecule has 0 heterocycles. The maximum atomic E-state index is 12.5. The highest BCUT2D eigenvalue weighted by Crippen LogP contribution is 2.13. The van der Waals surface area contributed by atoms with E-state index in [1.165, 1.54) is 6.21 Å². The molecule has 2 aromatic rings. The molecule has 1 unspecified atom stereocenters. The number of hydrogen-bond acceptors (Lipinski definition) is 4. The standard InChI is InChI=1S/C22H26ClN3O3/c1-4-12-29-19-7-5-6-16(13-19)14-24-26-22(28)20(15(2)3)25-21(27)17-8-10-18(23)11-9-17/h5-11,13-15,20H,4,12H2,1-3H3,(H,25,27)(H,26,28). The summed E-state index contributed by atoms with van der Waals surface area (Å²) in [6.45, 7) is 6.38. The Bertz CT molecular complexity index is 851. The van der Waals surface area contributed by atoms with E-state index in [0.29, 0.717) is 17.2 Å². The lowest BCUT2D eigenvalue weighted by molar-refractivity contribution is -0.123. The van der Waals surface area contributed by atoms with Crippen LogP contribution in [-0.2, 0) is 4.79 Å². The minimum Gasteiger partial charge on any atom is -0.494 e. The number of benzene rings is 2. The Labute approximate surface area is 176 Å². The van der Waals surface area contributed by atoms with Gasteiger partial charge in [-0.05, 0) is 54.3 Å². The third-order valence-corrected chi connectivity index (χ3v) is 4.31. The molecular formula is C22H26ClN3O3. The lowest BCUT2D eigenvalue weighted by atomic mass is 10.0. The van der Waals surface area contributed by atoms with Gasteiger partial charge in [0.25, 0.3) is 11.8 Å². The molecule has 0 fully saturated rings. The van der Waals surface area contributed by atoms with Gasteiger partial charge in [-0.2, -0.15) is 5.10 Å². The molecule has 6 nitrogen and oxygen atoms in total. The van der Waals surface area contributed by atoms with Gasteiger partial charge in [-0.15, -0.1) is 0 Å². The highest BCUT2D eigenvalue weighted by molar-refractivity contribution is 6.30. The van der Waals surface area contributed by atoms with E-state index in [2.05, 4.69) is 15.8 Å². The quantitative estimate of drug-likeness (QED) is 0.479. The van der Waals surface area contributed by atoms with Crippen molar-refractivity contribution in [2.75, 3.05) is 6.61 Å². The van der Waals surface area contributed by atoms with Crippen molar-refractivity contribution in [3.8, 4) is 5.75 Å². The summed E-state index contributed by atoms with van der Waals surface area (Å²) in [7, 11) is 0. The molecule has 0 spiro atoms. The van der Waals surface area contributed by atoms with Crippen molar-refractivity contribution in [1.29, 1.82) is 0 Å². The predicted octanol–water partition coefficient (Wildman–Crippen LogP) is 4.03. The molecule has 2 N–H and O–H groups in total. The van der Waals surface area contributed by atoms with Crippen LogP contribution in [0, 0.1) is 5.92 Å². The molecule has 29 heavy (non-hydrogen) atoms. The van der Waals surface area contributed by atoms with E-state index in [1.54, 1.807) is 24.3 Å². The Hall–Kier alpha value is -2.86.